The Morgan fingerprint density at radius 2 is 1.73 bits per heavy atom. The van der Waals surface area contributed by atoms with Crippen LogP contribution in [0.2, 0.25) is 0 Å². The van der Waals surface area contributed by atoms with Crippen molar-refractivity contribution >= 4 is 5.69 Å². The first-order valence-corrected chi connectivity index (χ1v) is 9.41. The molecule has 0 spiro atoms. The minimum atomic E-state index is -0.469. The molecule has 0 amide bonds. The summed E-state index contributed by atoms with van der Waals surface area (Å²) in [6.07, 6.45) is -0.446. The second kappa shape index (κ2) is 7.11. The van der Waals surface area contributed by atoms with Crippen molar-refractivity contribution < 1.29 is 9.13 Å². The third-order valence-corrected chi connectivity index (χ3v) is 5.09. The third kappa shape index (κ3) is 2.91. The summed E-state index contributed by atoms with van der Waals surface area (Å²) in [5, 5.41) is 8.12. The SMILES string of the molecule is COc1ccccc1[C@H]1Nc2ccccc2-c2nc(=O)c(-c3ccc(F)cc3)nn21. The molecule has 0 saturated heterocycles. The molecule has 0 unspecified atom stereocenters. The lowest BCUT2D eigenvalue weighted by molar-refractivity contribution is 0.400. The van der Waals surface area contributed by atoms with Gasteiger partial charge in [-0.15, -0.1) is 0 Å². The van der Waals surface area contributed by atoms with Crippen LogP contribution in [0.4, 0.5) is 10.1 Å². The Kier molecular flexibility index (Phi) is 4.28. The fourth-order valence-electron chi connectivity index (χ4n) is 3.67. The quantitative estimate of drug-likeness (QED) is 0.561. The topological polar surface area (TPSA) is 69.0 Å². The Morgan fingerprint density at radius 3 is 2.53 bits per heavy atom. The van der Waals surface area contributed by atoms with Gasteiger partial charge in [0.1, 0.15) is 11.6 Å². The van der Waals surface area contributed by atoms with Crippen molar-refractivity contribution in [3.63, 3.8) is 0 Å². The monoisotopic (exact) mass is 400 g/mol. The van der Waals surface area contributed by atoms with Gasteiger partial charge in [-0.25, -0.2) is 9.07 Å². The molecule has 5 rings (SSSR count). The number of halogens is 1. The van der Waals surface area contributed by atoms with E-state index in [9.17, 15) is 9.18 Å². The van der Waals surface area contributed by atoms with Crippen LogP contribution in [0.3, 0.4) is 0 Å². The van der Waals surface area contributed by atoms with Crippen molar-refractivity contribution in [2.75, 3.05) is 12.4 Å². The van der Waals surface area contributed by atoms with E-state index in [-0.39, 0.29) is 11.5 Å². The fraction of sp³-hybridized carbons (Fsp3) is 0.0870. The minimum absolute atomic E-state index is 0.153. The smallest absolute Gasteiger partial charge is 0.300 e. The van der Waals surface area contributed by atoms with E-state index in [1.807, 2.05) is 48.5 Å². The lowest BCUT2D eigenvalue weighted by Gasteiger charge is -2.31. The van der Waals surface area contributed by atoms with Crippen LogP contribution in [-0.2, 0) is 0 Å². The predicted octanol–water partition coefficient (Wildman–Crippen LogP) is 4.09. The first kappa shape index (κ1) is 18.1. The highest BCUT2D eigenvalue weighted by Gasteiger charge is 2.29. The first-order chi connectivity index (χ1) is 14.7. The van der Waals surface area contributed by atoms with Gasteiger partial charge >= 0.3 is 0 Å². The average Bonchev–Trinajstić information content (AvgIpc) is 2.79. The number of anilines is 1. The van der Waals surface area contributed by atoms with E-state index in [2.05, 4.69) is 15.4 Å². The number of nitrogens with zero attached hydrogens (tertiary/aromatic N) is 3. The number of rotatable bonds is 3. The van der Waals surface area contributed by atoms with E-state index in [4.69, 9.17) is 4.74 Å². The van der Waals surface area contributed by atoms with Crippen molar-refractivity contribution in [2.45, 2.75) is 6.17 Å². The average molecular weight is 400 g/mol. The normalized spacial score (nSPS) is 14.4. The van der Waals surface area contributed by atoms with Gasteiger partial charge in [0.05, 0.1) is 7.11 Å². The molecule has 0 bridgehead atoms. The van der Waals surface area contributed by atoms with E-state index >= 15 is 0 Å². The summed E-state index contributed by atoms with van der Waals surface area (Å²) in [6, 6.07) is 20.9. The molecule has 3 aromatic carbocycles. The van der Waals surface area contributed by atoms with Crippen LogP contribution in [0.25, 0.3) is 22.6 Å². The highest BCUT2D eigenvalue weighted by atomic mass is 19.1. The molecule has 1 aliphatic heterocycles. The molecule has 6 nitrogen and oxygen atoms in total. The third-order valence-electron chi connectivity index (χ3n) is 5.09. The van der Waals surface area contributed by atoms with Gasteiger partial charge in [0.2, 0.25) is 0 Å². The van der Waals surface area contributed by atoms with Crippen molar-refractivity contribution in [2.24, 2.45) is 0 Å². The summed E-state index contributed by atoms with van der Waals surface area (Å²) in [7, 11) is 1.61. The zero-order valence-corrected chi connectivity index (χ0v) is 16.0. The summed E-state index contributed by atoms with van der Waals surface area (Å²) in [6.45, 7) is 0. The number of hydrogen-bond donors (Lipinski definition) is 1. The number of ether oxygens (including phenoxy) is 1. The molecule has 1 atom stereocenters. The number of benzene rings is 3. The molecule has 0 saturated carbocycles. The van der Waals surface area contributed by atoms with Gasteiger partial charge in [-0.1, -0.05) is 30.3 Å². The molecular formula is C23H17FN4O2. The Hall–Kier alpha value is -4.00. The second-order valence-electron chi connectivity index (χ2n) is 6.88. The number of nitrogens with one attached hydrogen (secondary N) is 1. The minimum Gasteiger partial charge on any atom is -0.496 e. The Balaban J connectivity index is 1.77. The fourth-order valence-corrected chi connectivity index (χ4v) is 3.67. The van der Waals surface area contributed by atoms with Crippen LogP contribution in [0, 0.1) is 5.82 Å². The highest BCUT2D eigenvalue weighted by molar-refractivity contribution is 5.77. The van der Waals surface area contributed by atoms with E-state index in [1.54, 1.807) is 11.8 Å². The molecule has 0 aliphatic carbocycles. The van der Waals surface area contributed by atoms with Gasteiger partial charge in [0.25, 0.3) is 5.56 Å². The van der Waals surface area contributed by atoms with Crippen LogP contribution in [0.1, 0.15) is 11.7 Å². The second-order valence-corrected chi connectivity index (χ2v) is 6.88. The van der Waals surface area contributed by atoms with E-state index in [1.165, 1.54) is 24.3 Å². The van der Waals surface area contributed by atoms with Gasteiger partial charge in [0, 0.05) is 22.4 Å². The summed E-state index contributed by atoms with van der Waals surface area (Å²) in [4.78, 5) is 17.2. The zero-order chi connectivity index (χ0) is 20.7. The molecule has 148 valence electrons. The van der Waals surface area contributed by atoms with Gasteiger partial charge < -0.3 is 10.1 Å². The van der Waals surface area contributed by atoms with Crippen LogP contribution in [0.5, 0.6) is 5.75 Å². The molecule has 1 N–H and O–H groups in total. The first-order valence-electron chi connectivity index (χ1n) is 9.41. The highest BCUT2D eigenvalue weighted by Crippen LogP contribution is 2.38. The van der Waals surface area contributed by atoms with Crippen molar-refractivity contribution in [3.05, 3.63) is 94.5 Å². The molecular weight excluding hydrogens is 383 g/mol. The van der Waals surface area contributed by atoms with Crippen molar-refractivity contribution in [3.8, 4) is 28.4 Å². The van der Waals surface area contributed by atoms with Crippen LogP contribution in [0.15, 0.2) is 77.6 Å². The van der Waals surface area contributed by atoms with E-state index in [0.29, 0.717) is 17.1 Å². The maximum Gasteiger partial charge on any atom is 0.300 e. The number of hydrogen-bond acceptors (Lipinski definition) is 5. The molecule has 2 heterocycles. The number of methoxy groups -OCH3 is 1. The van der Waals surface area contributed by atoms with Crippen molar-refractivity contribution in [1.82, 2.24) is 14.8 Å². The molecule has 0 radical (unpaired) electrons. The maximum absolute atomic E-state index is 13.4. The van der Waals surface area contributed by atoms with Gasteiger partial charge in [-0.3, -0.25) is 4.79 Å². The lowest BCUT2D eigenvalue weighted by atomic mass is 10.0. The summed E-state index contributed by atoms with van der Waals surface area (Å²) in [5.41, 5.74) is 2.65. The van der Waals surface area contributed by atoms with E-state index in [0.717, 1.165) is 16.8 Å². The molecule has 4 aromatic rings. The molecule has 0 fully saturated rings. The standard InChI is InChI=1S/C23H17FN4O2/c1-30-19-9-5-3-7-17(19)22-25-18-8-4-2-6-16(18)21-26-23(29)20(27-28(21)22)14-10-12-15(24)13-11-14/h2-13,22,25H,1H3/t22-/m0/s1. The summed E-state index contributed by atoms with van der Waals surface area (Å²) < 4.78 is 20.6. The Bertz CT molecular complexity index is 1300. The van der Waals surface area contributed by atoms with Crippen LogP contribution < -0.4 is 15.6 Å². The number of fused-ring (bicyclic) bond motifs is 3. The molecule has 30 heavy (non-hydrogen) atoms. The van der Waals surface area contributed by atoms with Crippen molar-refractivity contribution in [1.29, 1.82) is 0 Å². The maximum atomic E-state index is 13.4. The predicted molar refractivity (Wildman–Crippen MR) is 112 cm³/mol. The summed E-state index contributed by atoms with van der Waals surface area (Å²) in [5.74, 6) is 0.757. The van der Waals surface area contributed by atoms with Gasteiger partial charge in [-0.05, 0) is 42.5 Å². The molecule has 1 aromatic heterocycles. The van der Waals surface area contributed by atoms with Crippen LogP contribution in [-0.4, -0.2) is 21.9 Å². The zero-order valence-electron chi connectivity index (χ0n) is 16.0. The Labute approximate surface area is 171 Å². The lowest BCUT2D eigenvalue weighted by Crippen LogP contribution is -2.32. The number of para-hydroxylation sites is 2. The molecule has 1 aliphatic rings. The van der Waals surface area contributed by atoms with Gasteiger partial charge in [-0.2, -0.15) is 10.1 Å². The number of aromatic nitrogens is 3. The Morgan fingerprint density at radius 1 is 1.00 bits per heavy atom. The van der Waals surface area contributed by atoms with Gasteiger partial charge in [0.15, 0.2) is 17.7 Å². The molecule has 7 heteroatoms. The largest absolute Gasteiger partial charge is 0.496 e. The summed E-state index contributed by atoms with van der Waals surface area (Å²) >= 11 is 0. The van der Waals surface area contributed by atoms with E-state index < -0.39 is 11.7 Å². The van der Waals surface area contributed by atoms with Crippen LogP contribution >= 0.6 is 0 Å².